The first-order valence-corrected chi connectivity index (χ1v) is 10.9. The second-order valence-electron chi connectivity index (χ2n) is 7.57. The molecule has 3 aromatic carbocycles. The summed E-state index contributed by atoms with van der Waals surface area (Å²) in [6.45, 7) is 2.36. The molecule has 33 heavy (non-hydrogen) atoms. The van der Waals surface area contributed by atoms with E-state index in [-0.39, 0.29) is 16.8 Å². The zero-order valence-corrected chi connectivity index (χ0v) is 18.8. The van der Waals surface area contributed by atoms with Gasteiger partial charge in [0.15, 0.2) is 16.9 Å². The Morgan fingerprint density at radius 1 is 1.00 bits per heavy atom. The number of anilines is 1. The highest BCUT2D eigenvalue weighted by Gasteiger charge is 2.44. The summed E-state index contributed by atoms with van der Waals surface area (Å²) in [4.78, 5) is 28.7. The number of carbonyl (C=O) groups is 1. The summed E-state index contributed by atoms with van der Waals surface area (Å²) in [5, 5.41) is 0.892. The highest BCUT2D eigenvalue weighted by Crippen LogP contribution is 2.43. The Balaban J connectivity index is 1.79. The predicted molar refractivity (Wildman–Crippen MR) is 127 cm³/mol. The molecule has 7 heteroatoms. The molecular formula is C26H20ClNO5. The Morgan fingerprint density at radius 2 is 1.82 bits per heavy atom. The first-order valence-electron chi connectivity index (χ1n) is 10.5. The molecule has 0 saturated heterocycles. The third kappa shape index (κ3) is 3.43. The third-order valence-electron chi connectivity index (χ3n) is 5.67. The van der Waals surface area contributed by atoms with Gasteiger partial charge in [-0.05, 0) is 55.0 Å². The molecule has 6 nitrogen and oxygen atoms in total. The summed E-state index contributed by atoms with van der Waals surface area (Å²) in [5.41, 5.74) is 1.64. The summed E-state index contributed by atoms with van der Waals surface area (Å²) < 4.78 is 17.1. The molecule has 0 aliphatic carbocycles. The van der Waals surface area contributed by atoms with Gasteiger partial charge in [-0.3, -0.25) is 14.5 Å². The van der Waals surface area contributed by atoms with E-state index in [0.29, 0.717) is 45.3 Å². The normalized spacial score (nSPS) is 15.1. The Bertz CT molecular complexity index is 1440. The Hall–Kier alpha value is -3.77. The quantitative estimate of drug-likeness (QED) is 0.386. The van der Waals surface area contributed by atoms with Crippen molar-refractivity contribution in [3.05, 3.63) is 98.9 Å². The lowest BCUT2D eigenvalue weighted by Gasteiger charge is -2.26. The molecule has 0 fully saturated rings. The smallest absolute Gasteiger partial charge is 0.295 e. The summed E-state index contributed by atoms with van der Waals surface area (Å²) in [7, 11) is 1.55. The minimum atomic E-state index is -0.726. The molecular weight excluding hydrogens is 442 g/mol. The lowest BCUT2D eigenvalue weighted by molar-refractivity contribution is 0.0971. The van der Waals surface area contributed by atoms with Crippen LogP contribution in [0.3, 0.4) is 0 Å². The van der Waals surface area contributed by atoms with E-state index in [1.807, 2.05) is 13.0 Å². The SMILES string of the molecule is CCOc1ccc(C2c3c(oc4ccccc4c3=O)C(=O)N2c2cccc(Cl)c2)cc1OC. The first kappa shape index (κ1) is 21.1. The van der Waals surface area contributed by atoms with Gasteiger partial charge in [-0.1, -0.05) is 35.9 Å². The number of benzene rings is 3. The van der Waals surface area contributed by atoms with Gasteiger partial charge in [0.05, 0.1) is 30.7 Å². The third-order valence-corrected chi connectivity index (χ3v) is 5.90. The molecule has 4 aromatic rings. The van der Waals surface area contributed by atoms with Gasteiger partial charge in [-0.2, -0.15) is 0 Å². The monoisotopic (exact) mass is 461 g/mol. The molecule has 1 amide bonds. The molecule has 5 rings (SSSR count). The Labute approximate surface area is 194 Å². The minimum Gasteiger partial charge on any atom is -0.493 e. The maximum Gasteiger partial charge on any atom is 0.295 e. The second kappa shape index (κ2) is 8.30. The number of fused-ring (bicyclic) bond motifs is 2. The van der Waals surface area contributed by atoms with Gasteiger partial charge >= 0.3 is 0 Å². The van der Waals surface area contributed by atoms with Crippen LogP contribution in [0.4, 0.5) is 5.69 Å². The van der Waals surface area contributed by atoms with E-state index in [2.05, 4.69) is 0 Å². The number of methoxy groups -OCH3 is 1. The van der Waals surface area contributed by atoms with Crippen LogP contribution >= 0.6 is 11.6 Å². The predicted octanol–water partition coefficient (Wildman–Crippen LogP) is 5.60. The van der Waals surface area contributed by atoms with Crippen LogP contribution in [0.2, 0.25) is 5.02 Å². The molecule has 0 spiro atoms. The molecule has 1 aliphatic rings. The largest absolute Gasteiger partial charge is 0.493 e. The van der Waals surface area contributed by atoms with E-state index < -0.39 is 11.9 Å². The van der Waals surface area contributed by atoms with Crippen molar-refractivity contribution in [2.75, 3.05) is 18.6 Å². The Morgan fingerprint density at radius 3 is 2.58 bits per heavy atom. The summed E-state index contributed by atoms with van der Waals surface area (Å²) in [5.74, 6) is 0.698. The van der Waals surface area contributed by atoms with Crippen molar-refractivity contribution >= 4 is 34.2 Å². The van der Waals surface area contributed by atoms with Crippen molar-refractivity contribution in [3.8, 4) is 11.5 Å². The number of amides is 1. The van der Waals surface area contributed by atoms with E-state index in [4.69, 9.17) is 25.5 Å². The Kier molecular flexibility index (Phi) is 5.30. The number of para-hydroxylation sites is 1. The summed E-state index contributed by atoms with van der Waals surface area (Å²) in [6, 6.07) is 18.5. The minimum absolute atomic E-state index is 0.0246. The maximum absolute atomic E-state index is 13.6. The van der Waals surface area contributed by atoms with Crippen LogP contribution in [0.1, 0.15) is 34.6 Å². The van der Waals surface area contributed by atoms with Crippen LogP contribution < -0.4 is 19.8 Å². The first-order chi connectivity index (χ1) is 16.0. The van der Waals surface area contributed by atoms with Crippen molar-refractivity contribution in [3.63, 3.8) is 0 Å². The maximum atomic E-state index is 13.6. The number of carbonyl (C=O) groups excluding carboxylic acids is 1. The van der Waals surface area contributed by atoms with Gasteiger partial charge in [-0.25, -0.2) is 0 Å². The lowest BCUT2D eigenvalue weighted by atomic mass is 9.97. The number of nitrogens with zero attached hydrogens (tertiary/aromatic N) is 1. The van der Waals surface area contributed by atoms with Crippen molar-refractivity contribution in [2.24, 2.45) is 0 Å². The molecule has 1 aliphatic heterocycles. The summed E-state index contributed by atoms with van der Waals surface area (Å²) in [6.07, 6.45) is 0. The molecule has 0 N–H and O–H groups in total. The van der Waals surface area contributed by atoms with Gasteiger partial charge in [0.25, 0.3) is 5.91 Å². The van der Waals surface area contributed by atoms with Crippen LogP contribution in [0, 0.1) is 0 Å². The lowest BCUT2D eigenvalue weighted by Crippen LogP contribution is -2.29. The van der Waals surface area contributed by atoms with E-state index in [1.54, 1.807) is 67.8 Å². The highest BCUT2D eigenvalue weighted by molar-refractivity contribution is 6.31. The average molecular weight is 462 g/mol. The molecule has 0 bridgehead atoms. The van der Waals surface area contributed by atoms with Crippen LogP contribution in [0.25, 0.3) is 11.0 Å². The fourth-order valence-corrected chi connectivity index (χ4v) is 4.44. The van der Waals surface area contributed by atoms with Crippen LogP contribution in [0.15, 0.2) is 75.9 Å². The van der Waals surface area contributed by atoms with E-state index in [0.717, 1.165) is 0 Å². The van der Waals surface area contributed by atoms with Gasteiger partial charge < -0.3 is 13.9 Å². The van der Waals surface area contributed by atoms with Crippen LogP contribution in [-0.4, -0.2) is 19.6 Å². The molecule has 1 aromatic heterocycles. The number of halogens is 1. The van der Waals surface area contributed by atoms with Crippen molar-refractivity contribution < 1.29 is 18.7 Å². The fourth-order valence-electron chi connectivity index (χ4n) is 4.26. The number of ether oxygens (including phenoxy) is 2. The van der Waals surface area contributed by atoms with Crippen molar-refractivity contribution in [1.82, 2.24) is 0 Å². The molecule has 1 unspecified atom stereocenters. The number of rotatable bonds is 5. The standard InChI is InChI=1S/C26H20ClNO5/c1-3-32-20-12-11-15(13-21(20)31-2)23-22-24(29)18-9-4-5-10-19(18)33-25(22)26(30)28(23)17-8-6-7-16(27)14-17/h4-14,23H,3H2,1-2H3. The highest BCUT2D eigenvalue weighted by atomic mass is 35.5. The summed E-state index contributed by atoms with van der Waals surface area (Å²) >= 11 is 6.24. The van der Waals surface area contributed by atoms with Gasteiger partial charge in [0.2, 0.25) is 5.76 Å². The van der Waals surface area contributed by atoms with Crippen molar-refractivity contribution in [1.29, 1.82) is 0 Å². The van der Waals surface area contributed by atoms with E-state index in [1.165, 1.54) is 4.90 Å². The molecule has 1 atom stereocenters. The average Bonchev–Trinajstić information content (AvgIpc) is 3.12. The number of hydrogen-bond donors (Lipinski definition) is 0. The van der Waals surface area contributed by atoms with Gasteiger partial charge in [0.1, 0.15) is 5.58 Å². The fraction of sp³-hybridized carbons (Fsp3) is 0.154. The zero-order valence-electron chi connectivity index (χ0n) is 18.0. The van der Waals surface area contributed by atoms with Crippen molar-refractivity contribution in [2.45, 2.75) is 13.0 Å². The van der Waals surface area contributed by atoms with E-state index >= 15 is 0 Å². The van der Waals surface area contributed by atoms with Gasteiger partial charge in [-0.15, -0.1) is 0 Å². The van der Waals surface area contributed by atoms with Crippen LogP contribution in [-0.2, 0) is 0 Å². The molecule has 2 heterocycles. The zero-order chi connectivity index (χ0) is 23.1. The molecule has 166 valence electrons. The van der Waals surface area contributed by atoms with E-state index in [9.17, 15) is 9.59 Å². The molecule has 0 saturated carbocycles. The van der Waals surface area contributed by atoms with Gasteiger partial charge in [0, 0.05) is 10.7 Å². The molecule has 0 radical (unpaired) electrons. The van der Waals surface area contributed by atoms with Crippen LogP contribution in [0.5, 0.6) is 11.5 Å². The second-order valence-corrected chi connectivity index (χ2v) is 8.01. The topological polar surface area (TPSA) is 69.0 Å². The number of hydrogen-bond acceptors (Lipinski definition) is 5.